The highest BCUT2D eigenvalue weighted by atomic mass is 35.5. The van der Waals surface area contributed by atoms with Crippen LogP contribution in [-0.2, 0) is 13.2 Å². The van der Waals surface area contributed by atoms with Gasteiger partial charge in [0, 0.05) is 29.4 Å². The summed E-state index contributed by atoms with van der Waals surface area (Å²) in [6.45, 7) is 1.97. The fraction of sp³-hybridized carbons (Fsp3) is 0.182. The van der Waals surface area contributed by atoms with Crippen molar-refractivity contribution in [3.8, 4) is 17.2 Å². The molecule has 0 radical (unpaired) electrons. The average molecular weight is 400 g/mol. The van der Waals surface area contributed by atoms with E-state index in [-0.39, 0.29) is 12.4 Å². The zero-order chi connectivity index (χ0) is 19.3. The third-order valence-electron chi connectivity index (χ3n) is 4.40. The Kier molecular flexibility index (Phi) is 5.53. The number of hydrogen-bond donors (Lipinski definition) is 1. The number of hydrogen-bond acceptors (Lipinski definition) is 4. The predicted molar refractivity (Wildman–Crippen MR) is 107 cm³/mol. The first-order valence-corrected chi connectivity index (χ1v) is 9.35. The Bertz CT molecular complexity index is 980. The van der Waals surface area contributed by atoms with E-state index in [1.54, 1.807) is 6.07 Å². The van der Waals surface area contributed by atoms with Crippen LogP contribution in [-0.4, -0.2) is 13.2 Å². The lowest BCUT2D eigenvalue weighted by molar-refractivity contribution is 0.171. The van der Waals surface area contributed by atoms with Crippen molar-refractivity contribution in [3.63, 3.8) is 0 Å². The molecule has 0 spiro atoms. The van der Waals surface area contributed by atoms with Gasteiger partial charge in [-0.1, -0.05) is 35.9 Å². The van der Waals surface area contributed by atoms with Gasteiger partial charge in [0.15, 0.2) is 11.5 Å². The molecule has 4 rings (SSSR count). The molecule has 1 N–H and O–H groups in total. The lowest BCUT2D eigenvalue weighted by Gasteiger charge is -2.19. The second kappa shape index (κ2) is 8.40. The van der Waals surface area contributed by atoms with E-state index in [9.17, 15) is 4.39 Å². The molecule has 0 aromatic heterocycles. The van der Waals surface area contributed by atoms with Crippen molar-refractivity contribution in [2.75, 3.05) is 18.5 Å². The van der Waals surface area contributed by atoms with Crippen LogP contribution >= 0.6 is 11.6 Å². The van der Waals surface area contributed by atoms with Gasteiger partial charge < -0.3 is 19.5 Å². The molecule has 1 aliphatic rings. The lowest BCUT2D eigenvalue weighted by Crippen LogP contribution is -2.15. The maximum absolute atomic E-state index is 13.2. The van der Waals surface area contributed by atoms with Crippen molar-refractivity contribution < 1.29 is 18.6 Å². The SMILES string of the molecule is Fc1ccc(COc2ccccc2CNc2ccc3c(c2)OCCO3)c(Cl)c1. The Labute approximate surface area is 167 Å². The van der Waals surface area contributed by atoms with E-state index in [1.807, 2.05) is 42.5 Å². The minimum Gasteiger partial charge on any atom is -0.488 e. The van der Waals surface area contributed by atoms with E-state index in [4.69, 9.17) is 25.8 Å². The molecule has 144 valence electrons. The molecular weight excluding hydrogens is 381 g/mol. The Balaban J connectivity index is 1.43. The Morgan fingerprint density at radius 1 is 0.929 bits per heavy atom. The van der Waals surface area contributed by atoms with E-state index in [1.165, 1.54) is 12.1 Å². The highest BCUT2D eigenvalue weighted by Crippen LogP contribution is 2.33. The van der Waals surface area contributed by atoms with Crippen LogP contribution in [0.15, 0.2) is 60.7 Å². The van der Waals surface area contributed by atoms with Crippen LogP contribution in [0.25, 0.3) is 0 Å². The molecule has 3 aromatic carbocycles. The Morgan fingerprint density at radius 2 is 1.75 bits per heavy atom. The summed E-state index contributed by atoms with van der Waals surface area (Å²) in [7, 11) is 0. The van der Waals surface area contributed by atoms with Crippen LogP contribution in [0.3, 0.4) is 0 Å². The molecule has 0 aliphatic carbocycles. The molecule has 28 heavy (non-hydrogen) atoms. The van der Waals surface area contributed by atoms with Crippen LogP contribution in [0.1, 0.15) is 11.1 Å². The maximum Gasteiger partial charge on any atom is 0.163 e. The third kappa shape index (κ3) is 4.31. The highest BCUT2D eigenvalue weighted by Gasteiger charge is 2.12. The molecule has 3 aromatic rings. The second-order valence-electron chi connectivity index (χ2n) is 6.34. The number of benzene rings is 3. The van der Waals surface area contributed by atoms with Crippen LogP contribution < -0.4 is 19.5 Å². The Morgan fingerprint density at radius 3 is 2.61 bits per heavy atom. The van der Waals surface area contributed by atoms with E-state index in [0.29, 0.717) is 24.8 Å². The van der Waals surface area contributed by atoms with Crippen molar-refractivity contribution in [1.29, 1.82) is 0 Å². The van der Waals surface area contributed by atoms with Gasteiger partial charge in [-0.15, -0.1) is 0 Å². The monoisotopic (exact) mass is 399 g/mol. The minimum absolute atomic E-state index is 0.264. The quantitative estimate of drug-likeness (QED) is 0.599. The summed E-state index contributed by atoms with van der Waals surface area (Å²) in [6, 6.07) is 17.8. The van der Waals surface area contributed by atoms with Gasteiger partial charge >= 0.3 is 0 Å². The van der Waals surface area contributed by atoms with Gasteiger partial charge in [-0.3, -0.25) is 0 Å². The van der Waals surface area contributed by atoms with E-state index in [0.717, 1.165) is 34.1 Å². The van der Waals surface area contributed by atoms with Crippen molar-refractivity contribution in [2.45, 2.75) is 13.2 Å². The molecular formula is C22H19ClFNO3. The molecule has 0 saturated carbocycles. The fourth-order valence-electron chi connectivity index (χ4n) is 2.94. The Hall–Kier alpha value is -2.92. The topological polar surface area (TPSA) is 39.7 Å². The van der Waals surface area contributed by atoms with Crippen LogP contribution in [0.4, 0.5) is 10.1 Å². The summed E-state index contributed by atoms with van der Waals surface area (Å²) in [5.41, 5.74) is 2.66. The first-order chi connectivity index (χ1) is 13.7. The largest absolute Gasteiger partial charge is 0.488 e. The average Bonchev–Trinajstić information content (AvgIpc) is 2.72. The van der Waals surface area contributed by atoms with Crippen molar-refractivity contribution in [2.24, 2.45) is 0 Å². The zero-order valence-electron chi connectivity index (χ0n) is 15.1. The number of para-hydroxylation sites is 1. The van der Waals surface area contributed by atoms with Gasteiger partial charge in [0.05, 0.1) is 5.02 Å². The molecule has 1 aliphatic heterocycles. The van der Waals surface area contributed by atoms with Crippen LogP contribution in [0.2, 0.25) is 5.02 Å². The van der Waals surface area contributed by atoms with Gasteiger partial charge in [0.1, 0.15) is 31.4 Å². The van der Waals surface area contributed by atoms with Gasteiger partial charge in [-0.2, -0.15) is 0 Å². The summed E-state index contributed by atoms with van der Waals surface area (Å²) in [5, 5.41) is 3.73. The number of halogens is 2. The van der Waals surface area contributed by atoms with Crippen molar-refractivity contribution >= 4 is 17.3 Å². The van der Waals surface area contributed by atoms with Crippen LogP contribution in [0.5, 0.6) is 17.2 Å². The maximum atomic E-state index is 13.2. The van der Waals surface area contributed by atoms with Crippen molar-refractivity contribution in [1.82, 2.24) is 0 Å². The second-order valence-corrected chi connectivity index (χ2v) is 6.75. The molecule has 0 atom stereocenters. The standard InChI is InChI=1S/C22H19ClFNO3/c23-19-11-17(24)6-5-16(19)14-28-20-4-2-1-3-15(20)13-25-18-7-8-21-22(12-18)27-10-9-26-21/h1-8,11-12,25H,9-10,13-14H2. The molecule has 4 nitrogen and oxygen atoms in total. The molecule has 0 amide bonds. The molecule has 0 fully saturated rings. The molecule has 1 heterocycles. The summed E-state index contributed by atoms with van der Waals surface area (Å²) < 4.78 is 30.3. The number of nitrogens with one attached hydrogen (secondary N) is 1. The van der Waals surface area contributed by atoms with Gasteiger partial charge in [0.25, 0.3) is 0 Å². The summed E-state index contributed by atoms with van der Waals surface area (Å²) >= 11 is 6.08. The normalized spacial score (nSPS) is 12.5. The van der Waals surface area contributed by atoms with E-state index >= 15 is 0 Å². The number of ether oxygens (including phenoxy) is 3. The van der Waals surface area contributed by atoms with Gasteiger partial charge in [-0.25, -0.2) is 4.39 Å². The first kappa shape index (κ1) is 18.4. The molecule has 0 bridgehead atoms. The third-order valence-corrected chi connectivity index (χ3v) is 4.75. The van der Waals surface area contributed by atoms with Gasteiger partial charge in [-0.05, 0) is 30.3 Å². The van der Waals surface area contributed by atoms with E-state index < -0.39 is 0 Å². The fourth-order valence-corrected chi connectivity index (χ4v) is 3.16. The zero-order valence-corrected chi connectivity index (χ0v) is 15.8. The first-order valence-electron chi connectivity index (χ1n) is 8.97. The number of fused-ring (bicyclic) bond motifs is 1. The van der Waals surface area contributed by atoms with Gasteiger partial charge in [0.2, 0.25) is 0 Å². The highest BCUT2D eigenvalue weighted by molar-refractivity contribution is 6.31. The summed E-state index contributed by atoms with van der Waals surface area (Å²) in [5.74, 6) is 1.88. The van der Waals surface area contributed by atoms with Crippen LogP contribution in [0, 0.1) is 5.82 Å². The summed E-state index contributed by atoms with van der Waals surface area (Å²) in [4.78, 5) is 0. The molecule has 0 saturated heterocycles. The number of anilines is 1. The minimum atomic E-state index is -0.363. The van der Waals surface area contributed by atoms with Crippen molar-refractivity contribution in [3.05, 3.63) is 82.6 Å². The lowest BCUT2D eigenvalue weighted by atomic mass is 10.2. The molecule has 0 unspecified atom stereocenters. The predicted octanol–water partition coefficient (Wildman–Crippen LogP) is 5.44. The molecule has 6 heteroatoms. The van der Waals surface area contributed by atoms with E-state index in [2.05, 4.69) is 5.32 Å². The number of rotatable bonds is 6. The smallest absolute Gasteiger partial charge is 0.163 e. The summed E-state index contributed by atoms with van der Waals surface area (Å²) in [6.07, 6.45) is 0.